The third kappa shape index (κ3) is 3.02. The summed E-state index contributed by atoms with van der Waals surface area (Å²) in [6.07, 6.45) is 0.942. The average molecular weight is 302 g/mol. The van der Waals surface area contributed by atoms with Crippen LogP contribution in [0.4, 0.5) is 0 Å². The molecule has 1 aliphatic heterocycles. The molecule has 1 saturated heterocycles. The topological polar surface area (TPSA) is 63.4 Å². The van der Waals surface area contributed by atoms with Crippen molar-refractivity contribution in [3.63, 3.8) is 0 Å². The lowest BCUT2D eigenvalue weighted by Gasteiger charge is -2.26. The van der Waals surface area contributed by atoms with Gasteiger partial charge in [0, 0.05) is 19.6 Å². The molecule has 0 bridgehead atoms. The van der Waals surface area contributed by atoms with Crippen LogP contribution in [0.25, 0.3) is 0 Å². The first-order valence-corrected chi connectivity index (χ1v) is 8.85. The molecule has 0 saturated carbocycles. The molecule has 2 N–H and O–H groups in total. The average Bonchev–Trinajstić information content (AvgIpc) is 2.98. The summed E-state index contributed by atoms with van der Waals surface area (Å²) in [7, 11) is -3.32. The third-order valence-corrected chi connectivity index (χ3v) is 7.16. The van der Waals surface area contributed by atoms with Gasteiger partial charge in [-0.05, 0) is 34.8 Å². The maximum atomic E-state index is 12.5. The van der Waals surface area contributed by atoms with Crippen molar-refractivity contribution < 1.29 is 8.42 Å². The number of rotatable bonds is 3. The molecule has 1 aromatic heterocycles. The Hall–Kier alpha value is -0.430. The Bertz CT molecular complexity index is 543. The molecule has 2 rings (SSSR count). The van der Waals surface area contributed by atoms with Crippen LogP contribution in [0.2, 0.25) is 0 Å². The van der Waals surface area contributed by atoms with Crippen LogP contribution in [-0.4, -0.2) is 25.8 Å². The number of nitrogens with two attached hydrogens (primary N) is 1. The van der Waals surface area contributed by atoms with Gasteiger partial charge in [0.05, 0.1) is 0 Å². The zero-order valence-corrected chi connectivity index (χ0v) is 13.4. The van der Waals surface area contributed by atoms with Crippen LogP contribution in [0.3, 0.4) is 0 Å². The van der Waals surface area contributed by atoms with Gasteiger partial charge in [-0.15, -0.1) is 11.3 Å². The van der Waals surface area contributed by atoms with E-state index in [1.807, 2.05) is 5.38 Å². The minimum Gasteiger partial charge on any atom is -0.326 e. The summed E-state index contributed by atoms with van der Waals surface area (Å²) in [4.78, 5) is 0. The van der Waals surface area contributed by atoms with Gasteiger partial charge in [0.2, 0.25) is 0 Å². The van der Waals surface area contributed by atoms with Gasteiger partial charge in [0.1, 0.15) is 4.21 Å². The van der Waals surface area contributed by atoms with E-state index in [0.717, 1.165) is 12.0 Å². The smallest absolute Gasteiger partial charge is 0.252 e. The molecule has 1 fully saturated rings. The molecule has 1 atom stereocenters. The van der Waals surface area contributed by atoms with Gasteiger partial charge >= 0.3 is 0 Å². The molecular formula is C13H22N2O2S2. The highest BCUT2D eigenvalue weighted by atomic mass is 32.2. The van der Waals surface area contributed by atoms with Crippen LogP contribution in [0.5, 0.6) is 0 Å². The highest BCUT2D eigenvalue weighted by Crippen LogP contribution is 2.36. The second kappa shape index (κ2) is 5.16. The van der Waals surface area contributed by atoms with Crippen molar-refractivity contribution >= 4 is 21.4 Å². The molecule has 2 heterocycles. The maximum absolute atomic E-state index is 12.5. The van der Waals surface area contributed by atoms with Crippen LogP contribution in [0.1, 0.15) is 32.8 Å². The largest absolute Gasteiger partial charge is 0.326 e. The van der Waals surface area contributed by atoms with E-state index < -0.39 is 10.0 Å². The standard InChI is InChI=1S/C13H22N2O2S2/c1-13(2,3)11-4-5-15(8-11)19(16,17)12-6-10(7-14)9-18-12/h6,9,11H,4-5,7-8,14H2,1-3H3. The molecule has 4 nitrogen and oxygen atoms in total. The first kappa shape index (κ1) is 15.0. The molecule has 108 valence electrons. The number of sulfonamides is 1. The van der Waals surface area contributed by atoms with Crippen LogP contribution >= 0.6 is 11.3 Å². The Balaban J connectivity index is 2.18. The number of hydrogen-bond donors (Lipinski definition) is 1. The van der Waals surface area contributed by atoms with Gasteiger partial charge in [-0.25, -0.2) is 8.42 Å². The molecule has 0 aromatic carbocycles. The molecular weight excluding hydrogens is 280 g/mol. The predicted octanol–water partition coefficient (Wildman–Crippen LogP) is 2.26. The van der Waals surface area contributed by atoms with Gasteiger partial charge in [0.15, 0.2) is 0 Å². The van der Waals surface area contributed by atoms with E-state index in [4.69, 9.17) is 5.73 Å². The molecule has 6 heteroatoms. The summed E-state index contributed by atoms with van der Waals surface area (Å²) in [5.41, 5.74) is 6.58. The molecule has 0 amide bonds. The third-order valence-electron chi connectivity index (χ3n) is 3.84. The van der Waals surface area contributed by atoms with Gasteiger partial charge < -0.3 is 5.73 Å². The van der Waals surface area contributed by atoms with E-state index in [1.165, 1.54) is 11.3 Å². The molecule has 0 aliphatic carbocycles. The van der Waals surface area contributed by atoms with Crippen molar-refractivity contribution in [2.45, 2.75) is 37.9 Å². The first-order chi connectivity index (χ1) is 8.75. The minimum absolute atomic E-state index is 0.155. The second-order valence-electron chi connectivity index (χ2n) is 6.19. The van der Waals surface area contributed by atoms with Crippen molar-refractivity contribution in [2.75, 3.05) is 13.1 Å². The Morgan fingerprint density at radius 1 is 1.47 bits per heavy atom. The summed E-state index contributed by atoms with van der Waals surface area (Å²) in [5, 5.41) is 1.82. The lowest BCUT2D eigenvalue weighted by molar-refractivity contribution is 0.252. The van der Waals surface area contributed by atoms with E-state index in [2.05, 4.69) is 20.8 Å². The Morgan fingerprint density at radius 2 is 2.16 bits per heavy atom. The molecule has 1 aromatic rings. The maximum Gasteiger partial charge on any atom is 0.252 e. The van der Waals surface area contributed by atoms with Crippen molar-refractivity contribution in [3.05, 3.63) is 17.0 Å². The van der Waals surface area contributed by atoms with Crippen LogP contribution in [-0.2, 0) is 16.6 Å². The fourth-order valence-electron chi connectivity index (χ4n) is 2.38. The van der Waals surface area contributed by atoms with Crippen LogP contribution in [0, 0.1) is 11.3 Å². The summed E-state index contributed by atoms with van der Waals surface area (Å²) >= 11 is 1.27. The molecule has 1 unspecified atom stereocenters. The van der Waals surface area contributed by atoms with Gasteiger partial charge in [-0.3, -0.25) is 0 Å². The SMILES string of the molecule is CC(C)(C)C1CCN(S(=O)(=O)c2cc(CN)cs2)C1. The monoisotopic (exact) mass is 302 g/mol. The Kier molecular flexibility index (Phi) is 4.07. The van der Waals surface area contributed by atoms with E-state index in [-0.39, 0.29) is 5.41 Å². The van der Waals surface area contributed by atoms with Crippen LogP contribution in [0.15, 0.2) is 15.7 Å². The molecule has 0 radical (unpaired) electrons. The van der Waals surface area contributed by atoms with E-state index in [1.54, 1.807) is 10.4 Å². The Labute approximate surface area is 119 Å². The van der Waals surface area contributed by atoms with Gasteiger partial charge in [-0.2, -0.15) is 4.31 Å². The fraction of sp³-hybridized carbons (Fsp3) is 0.692. The number of nitrogens with zero attached hydrogens (tertiary/aromatic N) is 1. The lowest BCUT2D eigenvalue weighted by Crippen LogP contribution is -2.30. The summed E-state index contributed by atoms with van der Waals surface area (Å²) < 4.78 is 27.1. The second-order valence-corrected chi connectivity index (χ2v) is 9.27. The van der Waals surface area contributed by atoms with Crippen molar-refractivity contribution in [1.29, 1.82) is 0 Å². The number of hydrogen-bond acceptors (Lipinski definition) is 4. The predicted molar refractivity (Wildman–Crippen MR) is 78.5 cm³/mol. The molecule has 0 spiro atoms. The summed E-state index contributed by atoms with van der Waals surface area (Å²) in [6.45, 7) is 8.15. The zero-order valence-electron chi connectivity index (χ0n) is 11.7. The molecule has 1 aliphatic rings. The normalized spacial score (nSPS) is 22.0. The summed E-state index contributed by atoms with van der Waals surface area (Å²) in [5.74, 6) is 0.427. The first-order valence-electron chi connectivity index (χ1n) is 6.53. The minimum atomic E-state index is -3.32. The quantitative estimate of drug-likeness (QED) is 0.931. The lowest BCUT2D eigenvalue weighted by atomic mass is 9.80. The Morgan fingerprint density at radius 3 is 2.63 bits per heavy atom. The van der Waals surface area contributed by atoms with Crippen molar-refractivity contribution in [1.82, 2.24) is 4.31 Å². The zero-order chi connectivity index (χ0) is 14.3. The van der Waals surface area contributed by atoms with Gasteiger partial charge in [-0.1, -0.05) is 20.8 Å². The molecule has 19 heavy (non-hydrogen) atoms. The van der Waals surface area contributed by atoms with Gasteiger partial charge in [0.25, 0.3) is 10.0 Å². The van der Waals surface area contributed by atoms with Crippen molar-refractivity contribution in [3.8, 4) is 0 Å². The van der Waals surface area contributed by atoms with E-state index in [0.29, 0.717) is 29.8 Å². The number of thiophene rings is 1. The van der Waals surface area contributed by atoms with E-state index >= 15 is 0 Å². The van der Waals surface area contributed by atoms with E-state index in [9.17, 15) is 8.42 Å². The highest BCUT2D eigenvalue weighted by molar-refractivity contribution is 7.91. The summed E-state index contributed by atoms with van der Waals surface area (Å²) in [6, 6.07) is 1.70. The highest BCUT2D eigenvalue weighted by Gasteiger charge is 2.38. The van der Waals surface area contributed by atoms with Crippen LogP contribution < -0.4 is 5.73 Å². The van der Waals surface area contributed by atoms with Crippen molar-refractivity contribution in [2.24, 2.45) is 17.1 Å². The fourth-order valence-corrected chi connectivity index (χ4v) is 5.25.